The van der Waals surface area contributed by atoms with E-state index in [-0.39, 0.29) is 17.9 Å². The molecule has 2 aliphatic heterocycles. The zero-order chi connectivity index (χ0) is 19.5. The van der Waals surface area contributed by atoms with Gasteiger partial charge in [0.15, 0.2) is 0 Å². The second kappa shape index (κ2) is 7.98. The number of anilines is 1. The Morgan fingerprint density at radius 2 is 2.32 bits per heavy atom. The van der Waals surface area contributed by atoms with E-state index < -0.39 is 0 Å². The molecule has 0 aliphatic carbocycles. The molecule has 2 saturated heterocycles. The van der Waals surface area contributed by atoms with Gasteiger partial charge >= 0.3 is 0 Å². The molecule has 4 heterocycles. The van der Waals surface area contributed by atoms with Crippen molar-refractivity contribution < 1.29 is 4.79 Å². The fraction of sp³-hybridized carbons (Fsp3) is 0.500. The van der Waals surface area contributed by atoms with Gasteiger partial charge in [-0.3, -0.25) is 4.79 Å². The summed E-state index contributed by atoms with van der Waals surface area (Å²) in [5.41, 5.74) is 0.795. The van der Waals surface area contributed by atoms with Gasteiger partial charge in [0.25, 0.3) is 0 Å². The fourth-order valence-electron chi connectivity index (χ4n) is 4.40. The highest BCUT2D eigenvalue weighted by molar-refractivity contribution is 5.88. The number of nitrogens with one attached hydrogen (secondary N) is 2. The molecule has 146 valence electrons. The van der Waals surface area contributed by atoms with Crippen LogP contribution in [0.3, 0.4) is 0 Å². The van der Waals surface area contributed by atoms with Crippen molar-refractivity contribution in [2.45, 2.75) is 18.9 Å². The maximum atomic E-state index is 12.3. The van der Waals surface area contributed by atoms with E-state index in [1.54, 1.807) is 6.33 Å². The van der Waals surface area contributed by atoms with Crippen LogP contribution in [0.15, 0.2) is 31.2 Å². The van der Waals surface area contributed by atoms with E-state index in [2.05, 4.69) is 37.8 Å². The van der Waals surface area contributed by atoms with Crippen molar-refractivity contribution in [2.75, 3.05) is 38.0 Å². The molecule has 1 unspecified atom stereocenters. The first kappa shape index (κ1) is 18.4. The minimum Gasteiger partial charge on any atom is -0.365 e. The van der Waals surface area contributed by atoms with Crippen LogP contribution < -0.4 is 5.32 Å². The number of piperidine rings is 1. The number of nitriles is 1. The van der Waals surface area contributed by atoms with Gasteiger partial charge in [0.2, 0.25) is 5.91 Å². The average molecular weight is 379 g/mol. The number of rotatable bonds is 5. The fourth-order valence-corrected chi connectivity index (χ4v) is 4.40. The molecule has 0 aromatic carbocycles. The van der Waals surface area contributed by atoms with E-state index in [1.807, 2.05) is 17.2 Å². The van der Waals surface area contributed by atoms with Gasteiger partial charge in [-0.25, -0.2) is 9.97 Å². The molecule has 8 nitrogen and oxygen atoms in total. The van der Waals surface area contributed by atoms with Crippen LogP contribution in [-0.4, -0.2) is 69.4 Å². The first-order valence-corrected chi connectivity index (χ1v) is 9.74. The number of carbonyl (C=O) groups is 1. The first-order valence-electron chi connectivity index (χ1n) is 9.74. The third-order valence-electron chi connectivity index (χ3n) is 5.69. The molecule has 28 heavy (non-hydrogen) atoms. The normalized spacial score (nSPS) is 25.5. The van der Waals surface area contributed by atoms with E-state index in [0.717, 1.165) is 55.9 Å². The molecule has 2 aromatic rings. The van der Waals surface area contributed by atoms with Gasteiger partial charge in [-0.15, -0.1) is 0 Å². The van der Waals surface area contributed by atoms with Gasteiger partial charge in [-0.2, -0.15) is 5.26 Å². The molecule has 2 aliphatic rings. The van der Waals surface area contributed by atoms with Crippen LogP contribution in [0.25, 0.3) is 11.0 Å². The molecule has 0 saturated carbocycles. The van der Waals surface area contributed by atoms with Gasteiger partial charge in [-0.05, 0) is 37.4 Å². The van der Waals surface area contributed by atoms with Crippen molar-refractivity contribution in [3.8, 4) is 6.07 Å². The number of amides is 1. The van der Waals surface area contributed by atoms with E-state index >= 15 is 0 Å². The molecule has 0 bridgehead atoms. The quantitative estimate of drug-likeness (QED) is 0.766. The van der Waals surface area contributed by atoms with Crippen molar-refractivity contribution >= 4 is 22.8 Å². The number of hydrogen-bond donors (Lipinski definition) is 2. The van der Waals surface area contributed by atoms with E-state index in [1.165, 1.54) is 6.08 Å². The predicted octanol–water partition coefficient (Wildman–Crippen LogP) is 1.62. The van der Waals surface area contributed by atoms with Gasteiger partial charge in [0.1, 0.15) is 17.8 Å². The van der Waals surface area contributed by atoms with E-state index in [9.17, 15) is 4.79 Å². The Kier molecular flexibility index (Phi) is 5.26. The van der Waals surface area contributed by atoms with Crippen molar-refractivity contribution in [1.82, 2.24) is 24.8 Å². The van der Waals surface area contributed by atoms with Crippen LogP contribution in [0.2, 0.25) is 0 Å². The average Bonchev–Trinajstić information content (AvgIpc) is 3.37. The highest BCUT2D eigenvalue weighted by atomic mass is 16.2. The maximum Gasteiger partial charge on any atom is 0.246 e. The van der Waals surface area contributed by atoms with Crippen LogP contribution >= 0.6 is 0 Å². The number of H-pyrrole nitrogens is 1. The van der Waals surface area contributed by atoms with E-state index in [4.69, 9.17) is 5.26 Å². The minimum atomic E-state index is -0.0395. The molecular weight excluding hydrogens is 354 g/mol. The Morgan fingerprint density at radius 1 is 1.43 bits per heavy atom. The Balaban J connectivity index is 1.48. The van der Waals surface area contributed by atoms with Gasteiger partial charge in [0.05, 0.1) is 17.4 Å². The number of fused-ring (bicyclic) bond motifs is 1. The molecule has 4 rings (SSSR count). The van der Waals surface area contributed by atoms with Crippen molar-refractivity contribution in [2.24, 2.45) is 11.8 Å². The van der Waals surface area contributed by atoms with Crippen molar-refractivity contribution in [3.63, 3.8) is 0 Å². The summed E-state index contributed by atoms with van der Waals surface area (Å²) in [6.07, 6.45) is 6.66. The smallest absolute Gasteiger partial charge is 0.246 e. The first-order chi connectivity index (χ1) is 13.7. The summed E-state index contributed by atoms with van der Waals surface area (Å²) in [6, 6.07) is 4.43. The molecule has 0 spiro atoms. The highest BCUT2D eigenvalue weighted by Gasteiger charge is 2.32. The lowest BCUT2D eigenvalue weighted by molar-refractivity contribution is -0.128. The molecule has 2 fully saturated rings. The highest BCUT2D eigenvalue weighted by Crippen LogP contribution is 2.26. The third kappa shape index (κ3) is 3.85. The number of hydrogen-bond acceptors (Lipinski definition) is 6. The number of aromatic amines is 1. The largest absolute Gasteiger partial charge is 0.365 e. The lowest BCUT2D eigenvalue weighted by Gasteiger charge is -2.39. The number of aromatic nitrogens is 3. The zero-order valence-corrected chi connectivity index (χ0v) is 15.8. The molecule has 3 atom stereocenters. The number of likely N-dealkylation sites (tertiary alicyclic amines) is 2. The van der Waals surface area contributed by atoms with Crippen LogP contribution in [0.4, 0.5) is 5.82 Å². The second-order valence-corrected chi connectivity index (χ2v) is 7.73. The Hall–Kier alpha value is -2.92. The molecule has 2 aromatic heterocycles. The Morgan fingerprint density at radius 3 is 3.11 bits per heavy atom. The summed E-state index contributed by atoms with van der Waals surface area (Å²) in [5.74, 6) is 1.22. The predicted molar refractivity (Wildman–Crippen MR) is 106 cm³/mol. The summed E-state index contributed by atoms with van der Waals surface area (Å²) < 4.78 is 0. The van der Waals surface area contributed by atoms with Gasteiger partial charge < -0.3 is 20.1 Å². The summed E-state index contributed by atoms with van der Waals surface area (Å²) >= 11 is 0. The van der Waals surface area contributed by atoms with Crippen LogP contribution in [0.1, 0.15) is 12.8 Å². The molecular formula is C20H25N7O. The standard InChI is InChI=1S/C20H25N7O/c1-2-18(28)27-11-15(10-26-6-4-14(8-21)9-26)7-16(12-27)25-20-17-3-5-22-19(17)23-13-24-20/h2-3,5,13-16H,1,4,6-7,9-12H2,(H2,22,23,24,25)/t14?,15-,16-/m0/s1. The van der Waals surface area contributed by atoms with Gasteiger partial charge in [-0.1, -0.05) is 6.58 Å². The summed E-state index contributed by atoms with van der Waals surface area (Å²) in [5, 5.41) is 13.6. The summed E-state index contributed by atoms with van der Waals surface area (Å²) in [7, 11) is 0. The van der Waals surface area contributed by atoms with Crippen LogP contribution in [-0.2, 0) is 4.79 Å². The number of carbonyl (C=O) groups excluding carboxylic acids is 1. The maximum absolute atomic E-state index is 12.3. The third-order valence-corrected chi connectivity index (χ3v) is 5.69. The Labute approximate surface area is 164 Å². The van der Waals surface area contributed by atoms with E-state index in [0.29, 0.717) is 12.5 Å². The Bertz CT molecular complexity index is 901. The lowest BCUT2D eigenvalue weighted by Crippen LogP contribution is -2.50. The second-order valence-electron chi connectivity index (χ2n) is 7.73. The SMILES string of the molecule is C=CC(=O)N1C[C@H](CN2CCC(C#N)C2)C[C@H](Nc2ncnc3[nH]ccc23)C1. The monoisotopic (exact) mass is 379 g/mol. The topological polar surface area (TPSA) is 101 Å². The zero-order valence-electron chi connectivity index (χ0n) is 15.8. The minimum absolute atomic E-state index is 0.0395. The molecule has 1 amide bonds. The van der Waals surface area contributed by atoms with Crippen LogP contribution in [0, 0.1) is 23.2 Å². The molecule has 0 radical (unpaired) electrons. The lowest BCUT2D eigenvalue weighted by atomic mass is 9.93. The van der Waals surface area contributed by atoms with Crippen molar-refractivity contribution in [3.05, 3.63) is 31.2 Å². The molecule has 8 heteroatoms. The molecule has 2 N–H and O–H groups in total. The summed E-state index contributed by atoms with van der Waals surface area (Å²) in [6.45, 7) is 7.68. The van der Waals surface area contributed by atoms with Crippen LogP contribution in [0.5, 0.6) is 0 Å². The number of nitrogens with zero attached hydrogens (tertiary/aromatic N) is 5. The summed E-state index contributed by atoms with van der Waals surface area (Å²) in [4.78, 5) is 28.3. The van der Waals surface area contributed by atoms with Crippen molar-refractivity contribution in [1.29, 1.82) is 5.26 Å². The van der Waals surface area contributed by atoms with Gasteiger partial charge in [0, 0.05) is 38.4 Å².